The summed E-state index contributed by atoms with van der Waals surface area (Å²) in [6.07, 6.45) is 1.03. The SMILES string of the molecule is Cc1oc(S(C)(=O)=O)cc1C(=O)NC(C)c1nc(C(C)C)n[nH]1. The molecule has 0 spiro atoms. The van der Waals surface area contributed by atoms with Crippen LogP contribution in [0.5, 0.6) is 0 Å². The Bertz CT molecular complexity index is 820. The van der Waals surface area contributed by atoms with Gasteiger partial charge in [0.15, 0.2) is 5.82 Å². The average Bonchev–Trinajstić information content (AvgIpc) is 3.04. The van der Waals surface area contributed by atoms with Crippen molar-refractivity contribution in [1.82, 2.24) is 20.5 Å². The van der Waals surface area contributed by atoms with Crippen molar-refractivity contribution < 1.29 is 17.6 Å². The molecule has 0 saturated carbocycles. The van der Waals surface area contributed by atoms with Crippen molar-refractivity contribution >= 4 is 15.7 Å². The number of aryl methyl sites for hydroxylation is 1. The number of nitrogens with one attached hydrogen (secondary N) is 2. The second kappa shape index (κ2) is 6.15. The first-order valence-electron chi connectivity index (χ1n) is 7.13. The first-order chi connectivity index (χ1) is 10.6. The van der Waals surface area contributed by atoms with Gasteiger partial charge in [-0.05, 0) is 13.8 Å². The molecule has 0 aliphatic carbocycles. The molecular weight excluding hydrogens is 320 g/mol. The molecule has 0 aliphatic rings. The van der Waals surface area contributed by atoms with E-state index in [1.54, 1.807) is 13.8 Å². The number of carbonyl (C=O) groups excluding carboxylic acids is 1. The van der Waals surface area contributed by atoms with Gasteiger partial charge in [-0.2, -0.15) is 5.10 Å². The molecule has 2 N–H and O–H groups in total. The molecule has 2 rings (SSSR count). The van der Waals surface area contributed by atoms with Gasteiger partial charge >= 0.3 is 0 Å². The summed E-state index contributed by atoms with van der Waals surface area (Å²) in [7, 11) is -3.50. The molecule has 0 fully saturated rings. The number of rotatable bonds is 5. The third kappa shape index (κ3) is 3.79. The van der Waals surface area contributed by atoms with Crippen LogP contribution in [0.3, 0.4) is 0 Å². The van der Waals surface area contributed by atoms with E-state index in [1.807, 2.05) is 13.8 Å². The smallest absolute Gasteiger partial charge is 0.255 e. The molecule has 0 aromatic carbocycles. The number of aromatic nitrogens is 3. The van der Waals surface area contributed by atoms with Gasteiger partial charge in [0.25, 0.3) is 5.91 Å². The van der Waals surface area contributed by atoms with Crippen LogP contribution in [-0.2, 0) is 9.84 Å². The van der Waals surface area contributed by atoms with Gasteiger partial charge in [-0.1, -0.05) is 13.8 Å². The molecule has 0 bridgehead atoms. The monoisotopic (exact) mass is 340 g/mol. The van der Waals surface area contributed by atoms with Crippen molar-refractivity contribution in [1.29, 1.82) is 0 Å². The molecule has 2 aromatic heterocycles. The van der Waals surface area contributed by atoms with Crippen molar-refractivity contribution in [2.24, 2.45) is 0 Å². The van der Waals surface area contributed by atoms with E-state index < -0.39 is 21.8 Å². The molecule has 0 saturated heterocycles. The van der Waals surface area contributed by atoms with Crippen LogP contribution in [-0.4, -0.2) is 35.8 Å². The lowest BCUT2D eigenvalue weighted by molar-refractivity contribution is 0.0936. The zero-order chi connectivity index (χ0) is 17.4. The van der Waals surface area contributed by atoms with Crippen molar-refractivity contribution in [3.63, 3.8) is 0 Å². The van der Waals surface area contributed by atoms with Gasteiger partial charge in [0.1, 0.15) is 11.6 Å². The fraction of sp³-hybridized carbons (Fsp3) is 0.500. The van der Waals surface area contributed by atoms with Gasteiger partial charge in [-0.25, -0.2) is 13.4 Å². The normalized spacial score (nSPS) is 13.3. The lowest BCUT2D eigenvalue weighted by atomic mass is 10.2. The molecule has 8 nitrogen and oxygen atoms in total. The summed E-state index contributed by atoms with van der Waals surface area (Å²) in [5, 5.41) is 9.39. The highest BCUT2D eigenvalue weighted by molar-refractivity contribution is 7.90. The topological polar surface area (TPSA) is 118 Å². The maximum absolute atomic E-state index is 12.3. The molecule has 0 radical (unpaired) electrons. The van der Waals surface area contributed by atoms with Crippen molar-refractivity contribution in [2.45, 2.75) is 44.7 Å². The Hall–Kier alpha value is -2.16. The van der Waals surface area contributed by atoms with E-state index in [4.69, 9.17) is 4.42 Å². The molecule has 9 heteroatoms. The summed E-state index contributed by atoms with van der Waals surface area (Å²) in [5.74, 6) is 1.19. The van der Waals surface area contributed by atoms with Crippen LogP contribution in [0, 0.1) is 6.92 Å². The average molecular weight is 340 g/mol. The Labute approximate surface area is 134 Å². The van der Waals surface area contributed by atoms with Crippen LogP contribution in [0.2, 0.25) is 0 Å². The number of H-pyrrole nitrogens is 1. The number of aromatic amines is 1. The van der Waals surface area contributed by atoms with Crippen molar-refractivity contribution in [2.75, 3.05) is 6.26 Å². The number of sulfone groups is 1. The standard InChI is InChI=1S/C14H20N4O4S/c1-7(2)12-16-13(18-17-12)8(3)15-14(19)10-6-11(22-9(10)4)23(5,20)21/h6-8H,1-5H3,(H,15,19)(H,16,17,18). The molecule has 126 valence electrons. The van der Waals surface area contributed by atoms with Crippen LogP contribution in [0.4, 0.5) is 0 Å². The van der Waals surface area contributed by atoms with Gasteiger partial charge in [-0.15, -0.1) is 0 Å². The van der Waals surface area contributed by atoms with E-state index in [-0.39, 0.29) is 22.3 Å². The highest BCUT2D eigenvalue weighted by Gasteiger charge is 2.22. The first-order valence-corrected chi connectivity index (χ1v) is 9.02. The van der Waals surface area contributed by atoms with E-state index in [1.165, 1.54) is 6.07 Å². The zero-order valence-electron chi connectivity index (χ0n) is 13.7. The second-order valence-electron chi connectivity index (χ2n) is 5.74. The molecule has 1 unspecified atom stereocenters. The van der Waals surface area contributed by atoms with Crippen molar-refractivity contribution in [3.8, 4) is 0 Å². The maximum Gasteiger partial charge on any atom is 0.255 e. The van der Waals surface area contributed by atoms with Gasteiger partial charge in [-0.3, -0.25) is 9.89 Å². The molecular formula is C14H20N4O4S. The Morgan fingerprint density at radius 2 is 2.00 bits per heavy atom. The Kier molecular flexibility index (Phi) is 4.60. The fourth-order valence-corrected chi connectivity index (χ4v) is 2.55. The van der Waals surface area contributed by atoms with Gasteiger partial charge in [0, 0.05) is 18.2 Å². The highest BCUT2D eigenvalue weighted by Crippen LogP contribution is 2.20. The second-order valence-corrected chi connectivity index (χ2v) is 7.68. The van der Waals surface area contributed by atoms with Crippen molar-refractivity contribution in [3.05, 3.63) is 29.0 Å². The summed E-state index contributed by atoms with van der Waals surface area (Å²) >= 11 is 0. The molecule has 23 heavy (non-hydrogen) atoms. The largest absolute Gasteiger partial charge is 0.449 e. The van der Waals surface area contributed by atoms with E-state index >= 15 is 0 Å². The Morgan fingerprint density at radius 3 is 2.48 bits per heavy atom. The number of hydrogen-bond acceptors (Lipinski definition) is 6. The molecule has 0 aliphatic heterocycles. The summed E-state index contributed by atoms with van der Waals surface area (Å²) in [6.45, 7) is 7.24. The number of furan rings is 1. The Morgan fingerprint density at radius 1 is 1.35 bits per heavy atom. The van der Waals surface area contributed by atoms with E-state index in [0.717, 1.165) is 6.26 Å². The number of amides is 1. The fourth-order valence-electron chi connectivity index (χ4n) is 1.95. The molecule has 1 atom stereocenters. The third-order valence-corrected chi connectivity index (χ3v) is 4.23. The minimum atomic E-state index is -3.50. The predicted molar refractivity (Wildman–Crippen MR) is 82.9 cm³/mol. The molecule has 2 aromatic rings. The quantitative estimate of drug-likeness (QED) is 0.855. The summed E-state index contributed by atoms with van der Waals surface area (Å²) < 4.78 is 28.1. The molecule has 2 heterocycles. The van der Waals surface area contributed by atoms with Gasteiger partial charge < -0.3 is 9.73 Å². The lowest BCUT2D eigenvalue weighted by Gasteiger charge is -2.10. The number of nitrogens with zero attached hydrogens (tertiary/aromatic N) is 2. The van der Waals surface area contributed by atoms with E-state index in [9.17, 15) is 13.2 Å². The lowest BCUT2D eigenvalue weighted by Crippen LogP contribution is -2.27. The summed E-state index contributed by atoms with van der Waals surface area (Å²) in [6, 6.07) is 0.825. The third-order valence-electron chi connectivity index (χ3n) is 3.30. The number of carbonyl (C=O) groups is 1. The van der Waals surface area contributed by atoms with Gasteiger partial charge in [0.05, 0.1) is 11.6 Å². The van der Waals surface area contributed by atoms with E-state index in [0.29, 0.717) is 11.6 Å². The molecule has 1 amide bonds. The van der Waals surface area contributed by atoms with Crippen LogP contribution in [0.25, 0.3) is 0 Å². The minimum absolute atomic E-state index is 0.177. The maximum atomic E-state index is 12.3. The zero-order valence-corrected chi connectivity index (χ0v) is 14.5. The van der Waals surface area contributed by atoms with E-state index in [2.05, 4.69) is 20.5 Å². The Balaban J connectivity index is 2.16. The first kappa shape index (κ1) is 17.2. The van der Waals surface area contributed by atoms with Crippen LogP contribution in [0.1, 0.15) is 60.5 Å². The predicted octanol–water partition coefficient (Wildman–Crippen LogP) is 1.72. The van der Waals surface area contributed by atoms with Crippen LogP contribution < -0.4 is 5.32 Å². The van der Waals surface area contributed by atoms with Gasteiger partial charge in [0.2, 0.25) is 14.9 Å². The highest BCUT2D eigenvalue weighted by atomic mass is 32.2. The van der Waals surface area contributed by atoms with Crippen LogP contribution >= 0.6 is 0 Å². The minimum Gasteiger partial charge on any atom is -0.449 e. The summed E-state index contributed by atoms with van der Waals surface area (Å²) in [4.78, 5) is 16.6. The van der Waals surface area contributed by atoms with Crippen LogP contribution in [0.15, 0.2) is 15.6 Å². The number of hydrogen-bond donors (Lipinski definition) is 2. The summed E-state index contributed by atoms with van der Waals surface area (Å²) in [5.41, 5.74) is 0.181.